The number of allylic oxidation sites excluding steroid dienone is 1. The normalized spacial score (nSPS) is 18.3. The van der Waals surface area contributed by atoms with E-state index in [1.807, 2.05) is 55.5 Å². The van der Waals surface area contributed by atoms with Crippen molar-refractivity contribution in [2.75, 3.05) is 19.8 Å². The van der Waals surface area contributed by atoms with Gasteiger partial charge >= 0.3 is 5.97 Å². The van der Waals surface area contributed by atoms with Gasteiger partial charge in [-0.3, -0.25) is 0 Å². The van der Waals surface area contributed by atoms with Gasteiger partial charge in [-0.05, 0) is 50.8 Å². The van der Waals surface area contributed by atoms with Crippen molar-refractivity contribution in [3.8, 4) is 11.5 Å². The molecule has 144 valence electrons. The summed E-state index contributed by atoms with van der Waals surface area (Å²) in [6.45, 7) is 8.91. The van der Waals surface area contributed by atoms with Crippen molar-refractivity contribution >= 4 is 22.9 Å². The molecule has 7 heteroatoms. The first kappa shape index (κ1) is 19.4. The first-order valence-corrected chi connectivity index (χ1v) is 9.96. The summed E-state index contributed by atoms with van der Waals surface area (Å²) in [6, 6.07) is 5.47. The summed E-state index contributed by atoms with van der Waals surface area (Å²) in [4.78, 5) is 19.3. The van der Waals surface area contributed by atoms with Gasteiger partial charge in [0, 0.05) is 6.20 Å². The van der Waals surface area contributed by atoms with Crippen molar-refractivity contribution in [1.29, 1.82) is 0 Å². The molecule has 0 fully saturated rings. The molecule has 0 aliphatic carbocycles. The summed E-state index contributed by atoms with van der Waals surface area (Å²) in [6.07, 6.45) is 1.94. The molecule has 2 heterocycles. The number of ether oxygens (including phenoxy) is 3. The van der Waals surface area contributed by atoms with Crippen LogP contribution < -0.4 is 9.47 Å². The Bertz CT molecular complexity index is 816. The fourth-order valence-electron chi connectivity index (χ4n) is 3.14. The summed E-state index contributed by atoms with van der Waals surface area (Å²) >= 11 is 1.53. The van der Waals surface area contributed by atoms with Crippen LogP contribution in [0.2, 0.25) is 0 Å². The van der Waals surface area contributed by atoms with Crippen molar-refractivity contribution in [3.63, 3.8) is 0 Å². The number of nitrogens with zero attached hydrogens (tertiary/aromatic N) is 2. The molecule has 1 aromatic carbocycles. The Kier molecular flexibility index (Phi) is 6.11. The molecule has 1 atom stereocenters. The van der Waals surface area contributed by atoms with Crippen molar-refractivity contribution in [3.05, 3.63) is 46.6 Å². The van der Waals surface area contributed by atoms with E-state index >= 15 is 0 Å². The number of rotatable bonds is 7. The van der Waals surface area contributed by atoms with Gasteiger partial charge in [0.05, 0.1) is 37.1 Å². The minimum absolute atomic E-state index is 0.316. The van der Waals surface area contributed by atoms with Gasteiger partial charge in [0.2, 0.25) is 0 Å². The second-order valence-electron chi connectivity index (χ2n) is 5.90. The lowest BCUT2D eigenvalue weighted by molar-refractivity contribution is -0.139. The molecular weight excluding hydrogens is 364 g/mol. The number of carbonyl (C=O) groups excluding carboxylic acids is 1. The number of benzene rings is 1. The second-order valence-corrected chi connectivity index (χ2v) is 6.77. The van der Waals surface area contributed by atoms with E-state index in [-0.39, 0.29) is 12.0 Å². The molecule has 27 heavy (non-hydrogen) atoms. The van der Waals surface area contributed by atoms with E-state index in [9.17, 15) is 4.79 Å². The molecule has 0 unspecified atom stereocenters. The molecule has 0 saturated heterocycles. The standard InChI is InChI=1S/C20H24N2O4S/c1-5-24-15-9-8-14(12-16(15)25-6-2)18-17(19(23)26-7-3)13(4)21-20-22(18)10-11-27-20/h8-12,18H,5-7H2,1-4H3/t18-/m1/s1. The summed E-state index contributed by atoms with van der Waals surface area (Å²) in [5.74, 6) is 1.01. The minimum atomic E-state index is -0.347. The number of hydrogen-bond acceptors (Lipinski definition) is 7. The SMILES string of the molecule is CCOC(=O)C1=C(C)N=C2SC=CN2[C@@H]1c1ccc(OCC)c(OCC)c1. The highest BCUT2D eigenvalue weighted by molar-refractivity contribution is 8.16. The molecule has 2 aliphatic heterocycles. The van der Waals surface area contributed by atoms with Gasteiger partial charge in [0.1, 0.15) is 0 Å². The largest absolute Gasteiger partial charge is 0.490 e. The molecule has 3 rings (SSSR count). The number of carbonyl (C=O) groups is 1. The molecule has 2 aliphatic rings. The Balaban J connectivity index is 2.08. The third-order valence-electron chi connectivity index (χ3n) is 4.20. The lowest BCUT2D eigenvalue weighted by Gasteiger charge is -2.33. The van der Waals surface area contributed by atoms with Gasteiger partial charge in [0.25, 0.3) is 0 Å². The van der Waals surface area contributed by atoms with E-state index in [1.165, 1.54) is 11.8 Å². The van der Waals surface area contributed by atoms with Crippen molar-refractivity contribution in [2.45, 2.75) is 33.7 Å². The molecule has 0 N–H and O–H groups in total. The van der Waals surface area contributed by atoms with Crippen LogP contribution in [0, 0.1) is 0 Å². The molecule has 0 radical (unpaired) electrons. The van der Waals surface area contributed by atoms with Crippen LogP contribution in [-0.2, 0) is 9.53 Å². The Morgan fingerprint density at radius 3 is 2.59 bits per heavy atom. The number of thioether (sulfide) groups is 1. The number of esters is 1. The highest BCUT2D eigenvalue weighted by atomic mass is 32.2. The molecule has 0 spiro atoms. The van der Waals surface area contributed by atoms with Crippen LogP contribution in [0.5, 0.6) is 11.5 Å². The van der Waals surface area contributed by atoms with Crippen LogP contribution in [0.3, 0.4) is 0 Å². The van der Waals surface area contributed by atoms with Gasteiger partial charge in [-0.15, -0.1) is 0 Å². The van der Waals surface area contributed by atoms with E-state index in [4.69, 9.17) is 14.2 Å². The number of amidine groups is 1. The monoisotopic (exact) mass is 388 g/mol. The average molecular weight is 388 g/mol. The molecule has 0 saturated carbocycles. The number of fused-ring (bicyclic) bond motifs is 1. The number of aliphatic imine (C=N–C) groups is 1. The molecule has 6 nitrogen and oxygen atoms in total. The Labute approximate surface area is 163 Å². The van der Waals surface area contributed by atoms with Gasteiger partial charge in [0.15, 0.2) is 16.7 Å². The van der Waals surface area contributed by atoms with E-state index in [1.54, 1.807) is 6.92 Å². The van der Waals surface area contributed by atoms with Crippen LogP contribution in [0.25, 0.3) is 0 Å². The molecule has 1 aromatic rings. The van der Waals surface area contributed by atoms with E-state index in [0.717, 1.165) is 10.7 Å². The van der Waals surface area contributed by atoms with Gasteiger partial charge in [-0.1, -0.05) is 17.8 Å². The Morgan fingerprint density at radius 2 is 1.89 bits per heavy atom. The third kappa shape index (κ3) is 3.83. The second kappa shape index (κ2) is 8.52. The first-order chi connectivity index (χ1) is 13.1. The average Bonchev–Trinajstić information content (AvgIpc) is 3.10. The summed E-state index contributed by atoms with van der Waals surface area (Å²) in [5.41, 5.74) is 2.14. The Hall–Kier alpha value is -2.41. The highest BCUT2D eigenvalue weighted by Crippen LogP contribution is 2.43. The summed E-state index contributed by atoms with van der Waals surface area (Å²) < 4.78 is 16.8. The molecule has 0 bridgehead atoms. The van der Waals surface area contributed by atoms with Gasteiger partial charge in [-0.2, -0.15) is 0 Å². The van der Waals surface area contributed by atoms with Gasteiger partial charge in [-0.25, -0.2) is 9.79 Å². The Morgan fingerprint density at radius 1 is 1.15 bits per heavy atom. The van der Waals surface area contributed by atoms with Crippen LogP contribution in [-0.4, -0.2) is 35.9 Å². The molecule has 0 aromatic heterocycles. The van der Waals surface area contributed by atoms with Crippen LogP contribution in [0.4, 0.5) is 0 Å². The van der Waals surface area contributed by atoms with Crippen LogP contribution >= 0.6 is 11.8 Å². The van der Waals surface area contributed by atoms with Crippen molar-refractivity contribution < 1.29 is 19.0 Å². The number of hydrogen-bond donors (Lipinski definition) is 0. The quantitative estimate of drug-likeness (QED) is 0.651. The minimum Gasteiger partial charge on any atom is -0.490 e. The maximum atomic E-state index is 12.7. The smallest absolute Gasteiger partial charge is 0.338 e. The molecule has 0 amide bonds. The fourth-order valence-corrected chi connectivity index (χ4v) is 3.93. The zero-order valence-electron chi connectivity index (χ0n) is 16.0. The van der Waals surface area contributed by atoms with E-state index in [2.05, 4.69) is 4.99 Å². The fraction of sp³-hybridized carbons (Fsp3) is 0.400. The van der Waals surface area contributed by atoms with E-state index < -0.39 is 0 Å². The highest BCUT2D eigenvalue weighted by Gasteiger charge is 2.37. The lowest BCUT2D eigenvalue weighted by Crippen LogP contribution is -2.34. The van der Waals surface area contributed by atoms with Crippen LogP contribution in [0.1, 0.15) is 39.3 Å². The first-order valence-electron chi connectivity index (χ1n) is 9.08. The van der Waals surface area contributed by atoms with E-state index in [0.29, 0.717) is 42.6 Å². The maximum absolute atomic E-state index is 12.7. The summed E-state index contributed by atoms with van der Waals surface area (Å²) in [7, 11) is 0. The molecular formula is C20H24N2O4S. The van der Waals surface area contributed by atoms with Gasteiger partial charge < -0.3 is 19.1 Å². The van der Waals surface area contributed by atoms with Crippen molar-refractivity contribution in [2.24, 2.45) is 4.99 Å². The third-order valence-corrected chi connectivity index (χ3v) is 4.97. The predicted molar refractivity (Wildman–Crippen MR) is 107 cm³/mol. The zero-order valence-corrected chi connectivity index (χ0v) is 16.8. The lowest BCUT2D eigenvalue weighted by atomic mass is 9.94. The predicted octanol–water partition coefficient (Wildman–Crippen LogP) is 4.25. The summed E-state index contributed by atoms with van der Waals surface area (Å²) in [5, 5.41) is 2.81. The zero-order chi connectivity index (χ0) is 19.4. The maximum Gasteiger partial charge on any atom is 0.338 e. The van der Waals surface area contributed by atoms with Crippen LogP contribution in [0.15, 0.2) is 46.1 Å². The van der Waals surface area contributed by atoms with Crippen molar-refractivity contribution in [1.82, 2.24) is 4.90 Å². The topological polar surface area (TPSA) is 60.4 Å².